The van der Waals surface area contributed by atoms with Crippen LogP contribution in [-0.4, -0.2) is 129 Å². The highest BCUT2D eigenvalue weighted by Gasteiger charge is 2.50. The van der Waals surface area contributed by atoms with Crippen LogP contribution >= 0.6 is 45.1 Å². The molecular weight excluding hydrogens is 877 g/mol. The standard InChI is InChI=1S/C28H47N8O17P3S2/c1-28(2,23(40)26(41)32-10-8-18(37)31-11-12-57-58-19(38)7-5-3-4-6-9-29)14-50-56(47,48)53-55(45,46)49-13-17-22(52-54(42,43)44)21(39)27(51-17)36-16-35-20-24(30)33-15-34-25(20)36/h5,7,15-17,21-23,27,39-40H,3-4,6,8-14,29H2,1-2H3,(H,31,37)(H,32,41)(H,45,46)(H,47,48)(H2,30,33,34)(H2,42,43,44)/b7-5+/t17-,21-,22-,23+,27-/m1/s1. The number of carbonyl (C=O) groups is 3. The number of hydrogen-bond acceptors (Lipinski definition) is 20. The van der Waals surface area contributed by atoms with Gasteiger partial charge in [0, 0.05) is 30.7 Å². The zero-order chi connectivity index (χ0) is 43.3. The molecule has 0 aliphatic carbocycles. The lowest BCUT2D eigenvalue weighted by Crippen LogP contribution is -2.46. The molecule has 2 aromatic rings. The predicted octanol–water partition coefficient (Wildman–Crippen LogP) is -0.00190. The molecular formula is C28H47N8O17P3S2. The van der Waals surface area contributed by atoms with Gasteiger partial charge in [0.15, 0.2) is 17.7 Å². The Kier molecular flexibility index (Phi) is 19.3. The Morgan fingerprint density at radius 1 is 1.07 bits per heavy atom. The largest absolute Gasteiger partial charge is 0.481 e. The second-order valence-electron chi connectivity index (χ2n) is 13.0. The summed E-state index contributed by atoms with van der Waals surface area (Å²) in [4.78, 5) is 87.5. The fourth-order valence-corrected chi connectivity index (χ4v) is 9.27. The van der Waals surface area contributed by atoms with Crippen LogP contribution in [0.25, 0.3) is 11.2 Å². The number of phosphoric ester groups is 3. The van der Waals surface area contributed by atoms with Gasteiger partial charge < -0.3 is 56.6 Å². The molecule has 0 bridgehead atoms. The van der Waals surface area contributed by atoms with E-state index in [1.807, 2.05) is 0 Å². The predicted molar refractivity (Wildman–Crippen MR) is 207 cm³/mol. The van der Waals surface area contributed by atoms with Crippen LogP contribution in [0.15, 0.2) is 24.8 Å². The first-order chi connectivity index (χ1) is 27.1. The van der Waals surface area contributed by atoms with Gasteiger partial charge in [-0.25, -0.2) is 28.6 Å². The summed E-state index contributed by atoms with van der Waals surface area (Å²) in [6.07, 6.45) is -1.10. The summed E-state index contributed by atoms with van der Waals surface area (Å²) in [5.41, 5.74) is 9.68. The monoisotopic (exact) mass is 924 g/mol. The number of nitrogen functional groups attached to an aromatic ring is 1. The number of allylic oxidation sites excluding steroid dienone is 1. The molecule has 1 fully saturated rings. The van der Waals surface area contributed by atoms with Gasteiger partial charge in [-0.2, -0.15) is 4.31 Å². The highest BCUT2D eigenvalue weighted by atomic mass is 33.1. The molecule has 0 aromatic carbocycles. The molecule has 7 atom stereocenters. The number of imidazole rings is 1. The number of anilines is 1. The van der Waals surface area contributed by atoms with E-state index in [4.69, 9.17) is 25.3 Å². The van der Waals surface area contributed by atoms with E-state index < -0.39 is 84.6 Å². The summed E-state index contributed by atoms with van der Waals surface area (Å²) in [7, 11) is -14.1. The molecule has 328 valence electrons. The molecule has 3 heterocycles. The van der Waals surface area contributed by atoms with Gasteiger partial charge >= 0.3 is 23.5 Å². The summed E-state index contributed by atoms with van der Waals surface area (Å²) in [6.45, 7) is 1.14. The number of phosphoric acid groups is 3. The number of rotatable bonds is 25. The van der Waals surface area contributed by atoms with Gasteiger partial charge in [0.05, 0.1) is 19.5 Å². The Morgan fingerprint density at radius 3 is 2.47 bits per heavy atom. The number of carbonyl (C=O) groups excluding carboxylic acids is 3. The van der Waals surface area contributed by atoms with E-state index in [-0.39, 0.29) is 41.6 Å². The Hall–Kier alpha value is -2.39. The van der Waals surface area contributed by atoms with Crippen molar-refractivity contribution in [3.05, 3.63) is 24.8 Å². The molecule has 2 unspecified atom stereocenters. The van der Waals surface area contributed by atoms with Crippen LogP contribution in [0.2, 0.25) is 0 Å². The quantitative estimate of drug-likeness (QED) is 0.0271. The second kappa shape index (κ2) is 22.5. The Balaban J connectivity index is 1.44. The van der Waals surface area contributed by atoms with Gasteiger partial charge in [-0.1, -0.05) is 30.7 Å². The normalized spacial score (nSPS) is 21.5. The first-order valence-corrected chi connectivity index (χ1v) is 24.0. The van der Waals surface area contributed by atoms with Gasteiger partial charge in [0.1, 0.15) is 36.3 Å². The molecule has 2 aromatic heterocycles. The third-order valence-corrected chi connectivity index (χ3v) is 13.0. The Bertz CT molecular complexity index is 1890. The van der Waals surface area contributed by atoms with Gasteiger partial charge in [0.25, 0.3) is 0 Å². The maximum Gasteiger partial charge on any atom is 0.481 e. The number of hydrogen-bond donors (Lipinski definition) is 10. The van der Waals surface area contributed by atoms with Crippen molar-refractivity contribution in [3.63, 3.8) is 0 Å². The highest BCUT2D eigenvalue weighted by molar-refractivity contribution is 8.82. The average Bonchev–Trinajstić information content (AvgIpc) is 3.69. The van der Waals surface area contributed by atoms with E-state index in [9.17, 15) is 57.9 Å². The van der Waals surface area contributed by atoms with Gasteiger partial charge in [0.2, 0.25) is 16.9 Å². The van der Waals surface area contributed by atoms with Crippen molar-refractivity contribution >= 4 is 79.0 Å². The molecule has 25 nitrogen and oxygen atoms in total. The molecule has 0 spiro atoms. The minimum Gasteiger partial charge on any atom is -0.386 e. The van der Waals surface area contributed by atoms with E-state index in [1.165, 1.54) is 30.7 Å². The second-order valence-corrected chi connectivity index (χ2v) is 19.6. The van der Waals surface area contributed by atoms with Crippen molar-refractivity contribution in [2.24, 2.45) is 11.1 Å². The third-order valence-electron chi connectivity index (χ3n) is 7.81. The molecule has 1 aliphatic heterocycles. The molecule has 0 radical (unpaired) electrons. The van der Waals surface area contributed by atoms with E-state index in [0.717, 1.165) is 47.3 Å². The minimum absolute atomic E-state index is 0.0294. The maximum absolute atomic E-state index is 12.7. The summed E-state index contributed by atoms with van der Waals surface area (Å²) in [5, 5.41) is 26.3. The van der Waals surface area contributed by atoms with E-state index in [0.29, 0.717) is 12.3 Å². The number of ether oxygens (including phenoxy) is 1. The third kappa shape index (κ3) is 16.2. The summed E-state index contributed by atoms with van der Waals surface area (Å²) in [6, 6.07) is 0. The van der Waals surface area contributed by atoms with Crippen molar-refractivity contribution in [1.82, 2.24) is 30.2 Å². The van der Waals surface area contributed by atoms with Crippen LogP contribution in [-0.2, 0) is 50.7 Å². The number of aliphatic hydroxyl groups is 2. The Morgan fingerprint density at radius 2 is 1.78 bits per heavy atom. The van der Waals surface area contributed by atoms with E-state index in [1.54, 1.807) is 6.08 Å². The first-order valence-electron chi connectivity index (χ1n) is 17.1. The number of nitrogens with two attached hydrogens (primary N) is 2. The molecule has 1 aliphatic rings. The van der Waals surface area contributed by atoms with E-state index >= 15 is 0 Å². The number of fused-ring (bicyclic) bond motifs is 1. The topological polar surface area (TPSA) is 390 Å². The Labute approximate surface area is 339 Å². The minimum atomic E-state index is -5.57. The maximum atomic E-state index is 12.7. The van der Waals surface area contributed by atoms with Crippen molar-refractivity contribution in [2.45, 2.75) is 70.2 Å². The van der Waals surface area contributed by atoms with Crippen LogP contribution in [0.1, 0.15) is 45.8 Å². The van der Waals surface area contributed by atoms with Gasteiger partial charge in [-0.15, -0.1) is 0 Å². The lowest BCUT2D eigenvalue weighted by molar-refractivity contribution is -0.137. The number of nitrogens with zero attached hydrogens (tertiary/aromatic N) is 4. The summed E-state index contributed by atoms with van der Waals surface area (Å²) < 4.78 is 62.1. The lowest BCUT2D eigenvalue weighted by Gasteiger charge is -2.30. The van der Waals surface area contributed by atoms with Crippen molar-refractivity contribution in [1.29, 1.82) is 0 Å². The fraction of sp³-hybridized carbons (Fsp3) is 0.643. The average molecular weight is 925 g/mol. The van der Waals surface area contributed by atoms with Crippen LogP contribution in [0, 0.1) is 5.41 Å². The zero-order valence-electron chi connectivity index (χ0n) is 31.0. The molecule has 58 heavy (non-hydrogen) atoms. The summed E-state index contributed by atoms with van der Waals surface area (Å²) >= 11 is 0. The van der Waals surface area contributed by atoms with Crippen molar-refractivity contribution in [3.8, 4) is 0 Å². The number of nitrogens with one attached hydrogen (secondary N) is 2. The molecule has 3 rings (SSSR count). The number of unbranched alkanes of at least 4 members (excludes halogenated alkanes) is 2. The number of aromatic nitrogens is 4. The fourth-order valence-electron chi connectivity index (χ4n) is 4.89. The SMILES string of the molecule is CC(C)(COP(=O)(O)OP(=O)(O)OC[C@H]1O[C@@H](n2cnc3c(N)ncnc32)[C@H](O)[C@@H]1OP(=O)(O)O)[C@@H](O)C(=O)NCCC(=O)NCCSSC(=O)/C=C/CCCCN. The van der Waals surface area contributed by atoms with Crippen LogP contribution in [0.3, 0.4) is 0 Å². The van der Waals surface area contributed by atoms with Crippen LogP contribution < -0.4 is 22.1 Å². The van der Waals surface area contributed by atoms with Gasteiger partial charge in [-0.05, 0) is 42.7 Å². The van der Waals surface area contributed by atoms with Gasteiger partial charge in [-0.3, -0.25) is 32.5 Å². The van der Waals surface area contributed by atoms with Crippen LogP contribution in [0.4, 0.5) is 5.82 Å². The van der Waals surface area contributed by atoms with Crippen molar-refractivity contribution in [2.75, 3.05) is 44.3 Å². The highest BCUT2D eigenvalue weighted by Crippen LogP contribution is 2.61. The molecule has 0 saturated carbocycles. The molecule has 2 amide bonds. The summed E-state index contributed by atoms with van der Waals surface area (Å²) in [5.74, 6) is -1.00. The molecule has 1 saturated heterocycles. The molecule has 12 N–H and O–H groups in total. The first kappa shape index (κ1) is 50.0. The number of amides is 2. The smallest absolute Gasteiger partial charge is 0.386 e. The zero-order valence-corrected chi connectivity index (χ0v) is 35.4. The lowest BCUT2D eigenvalue weighted by atomic mass is 9.87. The molecule has 30 heteroatoms. The van der Waals surface area contributed by atoms with Crippen LogP contribution in [0.5, 0.6) is 0 Å². The van der Waals surface area contributed by atoms with E-state index in [2.05, 4.69) is 34.4 Å². The van der Waals surface area contributed by atoms with Crippen molar-refractivity contribution < 1.29 is 80.5 Å². The number of aliphatic hydroxyl groups excluding tert-OH is 2.